The summed E-state index contributed by atoms with van der Waals surface area (Å²) in [4.78, 5) is 9.93. The van der Waals surface area contributed by atoms with Gasteiger partial charge < -0.3 is 0 Å². The number of benzene rings is 1. The van der Waals surface area contributed by atoms with E-state index in [0.717, 1.165) is 6.07 Å². The van der Waals surface area contributed by atoms with Crippen LogP contribution in [0.25, 0.3) is 10.1 Å². The van der Waals surface area contributed by atoms with Gasteiger partial charge in [-0.1, -0.05) is 18.2 Å². The van der Waals surface area contributed by atoms with Crippen molar-refractivity contribution >= 4 is 27.7 Å². The predicted octanol–water partition coefficient (Wildman–Crippen LogP) is 3.73. The average Bonchev–Trinajstić information content (AvgIpc) is 2.59. The van der Waals surface area contributed by atoms with E-state index in [0.29, 0.717) is 33.3 Å². The molecular weight excluding hydrogens is 225 g/mol. The summed E-state index contributed by atoms with van der Waals surface area (Å²) in [5, 5.41) is 0.455. The van der Waals surface area contributed by atoms with Crippen molar-refractivity contribution in [2.24, 2.45) is 0 Å². The first-order chi connectivity index (χ1) is 7.02. The highest BCUT2D eigenvalue weighted by Gasteiger charge is 2.32. The summed E-state index contributed by atoms with van der Waals surface area (Å²) in [6, 6.07) is 5.70. The zero-order valence-electron chi connectivity index (χ0n) is 7.34. The molecule has 0 aliphatic heterocycles. The van der Waals surface area contributed by atoms with E-state index < -0.39 is 11.1 Å². The summed E-state index contributed by atoms with van der Waals surface area (Å²) in [5.41, 5.74) is 0.299. The van der Waals surface area contributed by atoms with E-state index in [4.69, 9.17) is 0 Å². The van der Waals surface area contributed by atoms with E-state index in [-0.39, 0.29) is 0 Å². The van der Waals surface area contributed by atoms with Gasteiger partial charge in [-0.3, -0.25) is 4.79 Å². The lowest BCUT2D eigenvalue weighted by Crippen LogP contribution is -2.00. The van der Waals surface area contributed by atoms with Gasteiger partial charge in [-0.15, -0.1) is 11.3 Å². The normalized spacial score (nSPS) is 11.9. The van der Waals surface area contributed by atoms with E-state index in [1.807, 2.05) is 0 Å². The predicted molar refractivity (Wildman–Crippen MR) is 52.2 cm³/mol. The summed E-state index contributed by atoms with van der Waals surface area (Å²) in [5.74, 6) is 0. The van der Waals surface area contributed by atoms with Gasteiger partial charge in [-0.25, -0.2) is 0 Å². The van der Waals surface area contributed by atoms with Crippen LogP contribution in [0.2, 0.25) is 0 Å². The van der Waals surface area contributed by atoms with E-state index in [1.54, 1.807) is 12.1 Å². The van der Waals surface area contributed by atoms with Crippen LogP contribution >= 0.6 is 11.3 Å². The number of thiophene rings is 1. The molecule has 0 saturated heterocycles. The molecule has 0 bridgehead atoms. The number of fused-ring (bicyclic) bond motifs is 1. The highest BCUT2D eigenvalue weighted by molar-refractivity contribution is 7.19. The number of aldehydes is 1. The molecule has 0 spiro atoms. The minimum absolute atomic E-state index is 0.299. The third-order valence-electron chi connectivity index (χ3n) is 1.98. The first-order valence-corrected chi connectivity index (χ1v) is 4.89. The fraction of sp³-hybridized carbons (Fsp3) is 0.100. The molecule has 0 atom stereocenters. The van der Waals surface area contributed by atoms with Gasteiger partial charge in [0.05, 0.1) is 0 Å². The van der Waals surface area contributed by atoms with Crippen LogP contribution < -0.4 is 0 Å². The molecule has 0 aliphatic rings. The van der Waals surface area contributed by atoms with Gasteiger partial charge in [0.2, 0.25) is 0 Å². The number of hydrogen-bond acceptors (Lipinski definition) is 2. The third kappa shape index (κ3) is 1.74. The lowest BCUT2D eigenvalue weighted by molar-refractivity contribution is -0.134. The van der Waals surface area contributed by atoms with Crippen LogP contribution in [0.15, 0.2) is 24.3 Å². The van der Waals surface area contributed by atoms with Gasteiger partial charge in [0.1, 0.15) is 4.88 Å². The van der Waals surface area contributed by atoms with Crippen molar-refractivity contribution < 1.29 is 18.0 Å². The number of carbonyl (C=O) groups excluding carboxylic acids is 1. The minimum Gasteiger partial charge on any atom is -0.298 e. The van der Waals surface area contributed by atoms with E-state index in [9.17, 15) is 18.0 Å². The summed E-state index contributed by atoms with van der Waals surface area (Å²) in [6.45, 7) is 0. The highest BCUT2D eigenvalue weighted by Crippen LogP contribution is 2.38. The maximum atomic E-state index is 12.4. The number of halogens is 3. The second-order valence-corrected chi connectivity index (χ2v) is 4.04. The third-order valence-corrected chi connectivity index (χ3v) is 3.23. The smallest absolute Gasteiger partial charge is 0.298 e. The molecule has 1 heterocycles. The quantitative estimate of drug-likeness (QED) is 0.682. The molecule has 0 aliphatic carbocycles. The number of carbonyl (C=O) groups is 1. The Morgan fingerprint density at radius 2 is 2.00 bits per heavy atom. The fourth-order valence-electron chi connectivity index (χ4n) is 1.32. The van der Waals surface area contributed by atoms with Crippen LogP contribution in [0.4, 0.5) is 13.2 Å². The Bertz CT molecular complexity index is 513. The lowest BCUT2D eigenvalue weighted by atomic mass is 10.2. The molecule has 2 rings (SSSR count). The standard InChI is InChI=1S/C10H5F3OS/c11-10(12,13)8-4-6-2-1-3-7(5-14)9(6)15-8/h1-5H. The SMILES string of the molecule is O=Cc1cccc2cc(C(F)(F)F)sc12. The molecule has 0 saturated carbocycles. The van der Waals surface area contributed by atoms with Gasteiger partial charge >= 0.3 is 6.18 Å². The van der Waals surface area contributed by atoms with Crippen molar-refractivity contribution in [3.63, 3.8) is 0 Å². The maximum absolute atomic E-state index is 12.4. The van der Waals surface area contributed by atoms with Gasteiger partial charge in [-0.2, -0.15) is 13.2 Å². The van der Waals surface area contributed by atoms with Crippen LogP contribution in [0.5, 0.6) is 0 Å². The lowest BCUT2D eigenvalue weighted by Gasteiger charge is -1.99. The Kier molecular flexibility index (Phi) is 2.26. The molecule has 78 valence electrons. The molecule has 1 nitrogen and oxygen atoms in total. The molecule has 2 aromatic rings. The Morgan fingerprint density at radius 3 is 2.60 bits per heavy atom. The zero-order valence-corrected chi connectivity index (χ0v) is 8.15. The second kappa shape index (κ2) is 3.34. The van der Waals surface area contributed by atoms with E-state index in [2.05, 4.69) is 0 Å². The van der Waals surface area contributed by atoms with Crippen LogP contribution in [-0.2, 0) is 6.18 Å². The molecule has 1 aromatic carbocycles. The Balaban J connectivity index is 2.70. The Labute approximate surface area is 87.1 Å². The summed E-state index contributed by atoms with van der Waals surface area (Å²) >= 11 is 0.599. The van der Waals surface area contributed by atoms with Crippen LogP contribution in [0.3, 0.4) is 0 Å². The van der Waals surface area contributed by atoms with Crippen LogP contribution in [0.1, 0.15) is 15.2 Å². The Morgan fingerprint density at radius 1 is 1.27 bits per heavy atom. The van der Waals surface area contributed by atoms with Gasteiger partial charge in [0.25, 0.3) is 0 Å². The Hall–Kier alpha value is -1.36. The monoisotopic (exact) mass is 230 g/mol. The maximum Gasteiger partial charge on any atom is 0.425 e. The highest BCUT2D eigenvalue weighted by atomic mass is 32.1. The van der Waals surface area contributed by atoms with Crippen molar-refractivity contribution in [3.05, 3.63) is 34.7 Å². The molecule has 0 amide bonds. The average molecular weight is 230 g/mol. The van der Waals surface area contributed by atoms with Crippen LogP contribution in [-0.4, -0.2) is 6.29 Å². The van der Waals surface area contributed by atoms with Crippen molar-refractivity contribution in [1.82, 2.24) is 0 Å². The van der Waals surface area contributed by atoms with Crippen LogP contribution in [0, 0.1) is 0 Å². The molecule has 0 radical (unpaired) electrons. The van der Waals surface area contributed by atoms with Crippen molar-refractivity contribution in [1.29, 1.82) is 0 Å². The number of hydrogen-bond donors (Lipinski definition) is 0. The van der Waals surface area contributed by atoms with Gasteiger partial charge in [-0.05, 0) is 11.5 Å². The topological polar surface area (TPSA) is 17.1 Å². The largest absolute Gasteiger partial charge is 0.425 e. The van der Waals surface area contributed by atoms with Crippen molar-refractivity contribution in [3.8, 4) is 0 Å². The first-order valence-electron chi connectivity index (χ1n) is 4.07. The van der Waals surface area contributed by atoms with Gasteiger partial charge in [0.15, 0.2) is 6.29 Å². The number of alkyl halides is 3. The minimum atomic E-state index is -4.34. The summed E-state index contributed by atoms with van der Waals surface area (Å²) in [6.07, 6.45) is -3.77. The summed E-state index contributed by atoms with van der Waals surface area (Å²) in [7, 11) is 0. The van der Waals surface area contributed by atoms with E-state index >= 15 is 0 Å². The van der Waals surface area contributed by atoms with Crippen molar-refractivity contribution in [2.75, 3.05) is 0 Å². The first kappa shape index (κ1) is 10.2. The molecule has 0 N–H and O–H groups in total. The molecule has 0 fully saturated rings. The molecule has 15 heavy (non-hydrogen) atoms. The van der Waals surface area contributed by atoms with Gasteiger partial charge in [0, 0.05) is 10.3 Å². The number of rotatable bonds is 1. The molecule has 1 aromatic heterocycles. The molecule has 0 unspecified atom stereocenters. The van der Waals surface area contributed by atoms with E-state index in [1.165, 1.54) is 6.07 Å². The van der Waals surface area contributed by atoms with Crippen molar-refractivity contribution in [2.45, 2.75) is 6.18 Å². The zero-order chi connectivity index (χ0) is 11.1. The molecular formula is C10H5F3OS. The summed E-state index contributed by atoms with van der Waals surface area (Å²) < 4.78 is 37.5. The fourth-order valence-corrected chi connectivity index (χ4v) is 2.32. The second-order valence-electron chi connectivity index (χ2n) is 2.99. The molecule has 5 heteroatoms.